The zero-order valence-electron chi connectivity index (χ0n) is 7.68. The highest BCUT2D eigenvalue weighted by Crippen LogP contribution is 2.14. The first-order valence-corrected chi connectivity index (χ1v) is 4.15. The van der Waals surface area contributed by atoms with Crippen LogP contribution in [0.2, 0.25) is 0 Å². The van der Waals surface area contributed by atoms with Crippen molar-refractivity contribution in [3.05, 3.63) is 36.3 Å². The van der Waals surface area contributed by atoms with Gasteiger partial charge in [0.2, 0.25) is 0 Å². The summed E-state index contributed by atoms with van der Waals surface area (Å²) in [4.78, 5) is 4.16. The maximum Gasteiger partial charge on any atom is 0.101 e. The Hall–Kier alpha value is -2.15. The second-order valence-electron chi connectivity index (χ2n) is 2.95. The molecule has 0 aliphatic carbocycles. The van der Waals surface area contributed by atoms with Crippen molar-refractivity contribution in [2.75, 3.05) is 0 Å². The fourth-order valence-electron chi connectivity index (χ4n) is 1.18. The summed E-state index contributed by atoms with van der Waals surface area (Å²) < 4.78 is 1.72. The molecule has 0 saturated heterocycles. The van der Waals surface area contributed by atoms with Crippen LogP contribution in [0.25, 0.3) is 11.3 Å². The summed E-state index contributed by atoms with van der Waals surface area (Å²) in [6.07, 6.45) is 5.19. The van der Waals surface area contributed by atoms with E-state index in [4.69, 9.17) is 5.26 Å². The number of aromatic nitrogens is 3. The summed E-state index contributed by atoms with van der Waals surface area (Å²) in [6.45, 7) is 0. The molecular formula is C10H8N4. The first-order valence-electron chi connectivity index (χ1n) is 4.15. The summed E-state index contributed by atoms with van der Waals surface area (Å²) >= 11 is 0. The molecule has 0 unspecified atom stereocenters. The average molecular weight is 184 g/mol. The van der Waals surface area contributed by atoms with Gasteiger partial charge in [-0.2, -0.15) is 10.4 Å². The minimum Gasteiger partial charge on any atom is -0.275 e. The number of nitrogens with zero attached hydrogens (tertiary/aromatic N) is 4. The third-order valence-electron chi connectivity index (χ3n) is 1.89. The van der Waals surface area contributed by atoms with Crippen molar-refractivity contribution in [3.8, 4) is 17.3 Å². The molecule has 2 aromatic rings. The van der Waals surface area contributed by atoms with E-state index in [1.54, 1.807) is 23.1 Å². The predicted octanol–water partition coefficient (Wildman–Crippen LogP) is 1.35. The lowest BCUT2D eigenvalue weighted by Crippen LogP contribution is -1.85. The van der Waals surface area contributed by atoms with Crippen LogP contribution in [0.1, 0.15) is 5.56 Å². The molecule has 0 radical (unpaired) electrons. The molecule has 0 aromatic carbocycles. The summed E-state index contributed by atoms with van der Waals surface area (Å²) in [5.74, 6) is 0. The Morgan fingerprint density at radius 3 is 2.71 bits per heavy atom. The van der Waals surface area contributed by atoms with E-state index in [-0.39, 0.29) is 0 Å². The molecule has 2 rings (SSSR count). The molecule has 4 nitrogen and oxygen atoms in total. The van der Waals surface area contributed by atoms with E-state index in [0.29, 0.717) is 5.56 Å². The van der Waals surface area contributed by atoms with Crippen LogP contribution >= 0.6 is 0 Å². The fraction of sp³-hybridized carbons (Fsp3) is 0.100. The average Bonchev–Trinajstić information content (AvgIpc) is 2.65. The molecule has 4 heteroatoms. The molecule has 0 fully saturated rings. The minimum atomic E-state index is 0.567. The lowest BCUT2D eigenvalue weighted by molar-refractivity contribution is 0.768. The molecule has 0 spiro atoms. The third kappa shape index (κ3) is 1.48. The van der Waals surface area contributed by atoms with Crippen LogP contribution in [0.5, 0.6) is 0 Å². The van der Waals surface area contributed by atoms with E-state index in [1.165, 1.54) is 0 Å². The number of hydrogen-bond donors (Lipinski definition) is 0. The predicted molar refractivity (Wildman–Crippen MR) is 51.2 cm³/mol. The van der Waals surface area contributed by atoms with E-state index in [0.717, 1.165) is 11.3 Å². The van der Waals surface area contributed by atoms with Gasteiger partial charge in [-0.05, 0) is 12.1 Å². The van der Waals surface area contributed by atoms with Crippen LogP contribution in [-0.4, -0.2) is 14.8 Å². The molecule has 0 N–H and O–H groups in total. The van der Waals surface area contributed by atoms with Crippen LogP contribution in [0.15, 0.2) is 30.7 Å². The van der Waals surface area contributed by atoms with E-state index >= 15 is 0 Å². The SMILES string of the molecule is Cn1cc(-c2ccc(C#N)cn2)cn1. The zero-order chi connectivity index (χ0) is 9.97. The van der Waals surface area contributed by atoms with Gasteiger partial charge in [0.25, 0.3) is 0 Å². The molecule has 0 atom stereocenters. The Balaban J connectivity index is 2.39. The molecule has 2 aromatic heterocycles. The number of hydrogen-bond acceptors (Lipinski definition) is 3. The minimum absolute atomic E-state index is 0.567. The van der Waals surface area contributed by atoms with Gasteiger partial charge in [0, 0.05) is 25.0 Å². The molecule has 0 bridgehead atoms. The Morgan fingerprint density at radius 1 is 1.36 bits per heavy atom. The Morgan fingerprint density at radius 2 is 2.21 bits per heavy atom. The van der Waals surface area contributed by atoms with Gasteiger partial charge in [-0.25, -0.2) is 0 Å². The summed E-state index contributed by atoms with van der Waals surface area (Å²) in [5.41, 5.74) is 2.35. The number of rotatable bonds is 1. The maximum absolute atomic E-state index is 8.60. The maximum atomic E-state index is 8.60. The molecule has 0 saturated carbocycles. The largest absolute Gasteiger partial charge is 0.275 e. The van der Waals surface area contributed by atoms with Crippen molar-refractivity contribution in [2.24, 2.45) is 7.05 Å². The van der Waals surface area contributed by atoms with Crippen LogP contribution in [-0.2, 0) is 7.05 Å². The van der Waals surface area contributed by atoms with Crippen molar-refractivity contribution in [1.82, 2.24) is 14.8 Å². The smallest absolute Gasteiger partial charge is 0.101 e. The second kappa shape index (κ2) is 3.30. The Bertz CT molecular complexity index is 476. The normalized spacial score (nSPS) is 9.71. The van der Waals surface area contributed by atoms with E-state index in [2.05, 4.69) is 10.1 Å². The van der Waals surface area contributed by atoms with Crippen molar-refractivity contribution in [2.45, 2.75) is 0 Å². The van der Waals surface area contributed by atoms with Gasteiger partial charge in [0.15, 0.2) is 0 Å². The number of pyridine rings is 1. The van der Waals surface area contributed by atoms with E-state index in [9.17, 15) is 0 Å². The van der Waals surface area contributed by atoms with Gasteiger partial charge in [-0.1, -0.05) is 0 Å². The summed E-state index contributed by atoms with van der Waals surface area (Å²) in [6, 6.07) is 5.59. The van der Waals surface area contributed by atoms with Gasteiger partial charge < -0.3 is 0 Å². The number of aryl methyl sites for hydroxylation is 1. The van der Waals surface area contributed by atoms with Gasteiger partial charge in [-0.3, -0.25) is 9.67 Å². The lowest BCUT2D eigenvalue weighted by Gasteiger charge is -1.94. The molecule has 14 heavy (non-hydrogen) atoms. The molecule has 0 amide bonds. The first-order chi connectivity index (χ1) is 6.79. The highest BCUT2D eigenvalue weighted by Gasteiger charge is 2.00. The first kappa shape index (κ1) is 8.45. The van der Waals surface area contributed by atoms with Gasteiger partial charge >= 0.3 is 0 Å². The second-order valence-corrected chi connectivity index (χ2v) is 2.95. The van der Waals surface area contributed by atoms with E-state index < -0.39 is 0 Å². The summed E-state index contributed by atoms with van der Waals surface area (Å²) in [5, 5.41) is 12.6. The Kier molecular flexibility index (Phi) is 1.99. The standard InChI is InChI=1S/C10H8N4/c1-14-7-9(6-13-14)10-3-2-8(4-11)5-12-10/h2-3,5-7H,1H3. The van der Waals surface area contributed by atoms with Gasteiger partial charge in [0.1, 0.15) is 6.07 Å². The molecule has 0 aliphatic rings. The highest BCUT2D eigenvalue weighted by molar-refractivity contribution is 5.57. The molecule has 2 heterocycles. The van der Waals surface area contributed by atoms with Crippen molar-refractivity contribution >= 4 is 0 Å². The van der Waals surface area contributed by atoms with Crippen molar-refractivity contribution in [3.63, 3.8) is 0 Å². The highest BCUT2D eigenvalue weighted by atomic mass is 15.2. The summed E-state index contributed by atoms with van der Waals surface area (Å²) in [7, 11) is 1.85. The molecule has 0 aliphatic heterocycles. The molecule has 68 valence electrons. The lowest BCUT2D eigenvalue weighted by atomic mass is 10.2. The zero-order valence-corrected chi connectivity index (χ0v) is 7.68. The topological polar surface area (TPSA) is 54.5 Å². The van der Waals surface area contributed by atoms with Crippen LogP contribution in [0.3, 0.4) is 0 Å². The Labute approximate surface area is 81.4 Å². The van der Waals surface area contributed by atoms with Crippen LogP contribution < -0.4 is 0 Å². The monoisotopic (exact) mass is 184 g/mol. The van der Waals surface area contributed by atoms with Crippen LogP contribution in [0, 0.1) is 11.3 Å². The fourth-order valence-corrected chi connectivity index (χ4v) is 1.18. The van der Waals surface area contributed by atoms with Gasteiger partial charge in [0.05, 0.1) is 17.5 Å². The molecular weight excluding hydrogens is 176 g/mol. The van der Waals surface area contributed by atoms with Crippen molar-refractivity contribution < 1.29 is 0 Å². The quantitative estimate of drug-likeness (QED) is 0.672. The number of nitriles is 1. The third-order valence-corrected chi connectivity index (χ3v) is 1.89. The van der Waals surface area contributed by atoms with E-state index in [1.807, 2.05) is 25.4 Å². The van der Waals surface area contributed by atoms with Crippen LogP contribution in [0.4, 0.5) is 0 Å². The van der Waals surface area contributed by atoms with Crippen molar-refractivity contribution in [1.29, 1.82) is 5.26 Å². The van der Waals surface area contributed by atoms with Gasteiger partial charge in [-0.15, -0.1) is 0 Å².